The van der Waals surface area contributed by atoms with Crippen LogP contribution < -0.4 is 45.7 Å². The topological polar surface area (TPSA) is 179 Å². The Labute approximate surface area is 222 Å². The second-order valence-electron chi connectivity index (χ2n) is 6.48. The molecule has 0 radical (unpaired) electrons. The van der Waals surface area contributed by atoms with Crippen molar-refractivity contribution in [3.05, 3.63) is 34.7 Å². The summed E-state index contributed by atoms with van der Waals surface area (Å²) in [7, 11) is 1.27. The molecule has 4 rings (SSSR count). The molecule has 0 aromatic carbocycles. The number of oxime groups is 1. The third kappa shape index (κ3) is 5.22. The van der Waals surface area contributed by atoms with E-state index < -0.39 is 29.2 Å². The molecule has 2 aromatic rings. The number of fused-ring (bicyclic) bond motifs is 1. The Morgan fingerprint density at radius 2 is 2.30 bits per heavy atom. The molecule has 0 aliphatic carbocycles. The number of aromatic amines is 1. The average molecular weight is 518 g/mol. The van der Waals surface area contributed by atoms with Crippen molar-refractivity contribution in [3.63, 3.8) is 0 Å². The molecule has 33 heavy (non-hydrogen) atoms. The number of hydrogen-bond donors (Lipinski definition) is 3. The molecule has 2 amide bonds. The minimum Gasteiger partial charge on any atom is -0.543 e. The van der Waals surface area contributed by atoms with E-state index in [4.69, 9.17) is 10.6 Å². The number of nitrogens with two attached hydrogens (primary N) is 1. The normalized spacial score (nSPS) is 20.0. The molecule has 1 unspecified atom stereocenters. The van der Waals surface area contributed by atoms with E-state index in [2.05, 4.69) is 25.4 Å². The van der Waals surface area contributed by atoms with Crippen LogP contribution in [0.3, 0.4) is 0 Å². The first-order chi connectivity index (χ1) is 15.4. The Balaban J connectivity index is 0.00000306. The van der Waals surface area contributed by atoms with Gasteiger partial charge in [0.1, 0.15) is 24.2 Å². The van der Waals surface area contributed by atoms with E-state index in [1.54, 1.807) is 12.4 Å². The monoisotopic (exact) mass is 517 g/mol. The number of nitrogens with one attached hydrogen (secondary N) is 2. The van der Waals surface area contributed by atoms with Crippen LogP contribution in [0.2, 0.25) is 0 Å². The van der Waals surface area contributed by atoms with Gasteiger partial charge in [0.05, 0.1) is 11.7 Å². The number of carboxylic acid groups (broad SMARTS) is 1. The van der Waals surface area contributed by atoms with E-state index in [1.165, 1.54) is 36.0 Å². The maximum absolute atomic E-state index is 12.8. The first-order valence-corrected chi connectivity index (χ1v) is 12.0. The number of anilines is 1. The van der Waals surface area contributed by atoms with Crippen LogP contribution in [0, 0.1) is 0 Å². The third-order valence-corrected chi connectivity index (χ3v) is 7.55. The maximum Gasteiger partial charge on any atom is 1.00 e. The number of aromatic nitrogens is 3. The number of carbonyl (C=O) groups excluding carboxylic acids is 3. The van der Waals surface area contributed by atoms with Crippen LogP contribution in [-0.2, 0) is 19.2 Å². The van der Waals surface area contributed by atoms with Gasteiger partial charge in [0.15, 0.2) is 16.0 Å². The molecule has 2 atom stereocenters. The minimum absolute atomic E-state index is 0. The van der Waals surface area contributed by atoms with Gasteiger partial charge in [-0.05, 0) is 5.57 Å². The van der Waals surface area contributed by atoms with Crippen LogP contribution in [0.25, 0.3) is 0 Å². The quantitative estimate of drug-likeness (QED) is 0.103. The number of nitrogen functional groups attached to an aromatic ring is 1. The summed E-state index contributed by atoms with van der Waals surface area (Å²) in [5.74, 6) is -1.99. The number of carbonyl (C=O) groups is 3. The molecule has 2 aliphatic rings. The second kappa shape index (κ2) is 10.9. The van der Waals surface area contributed by atoms with E-state index in [9.17, 15) is 19.5 Å². The fourth-order valence-corrected chi connectivity index (χ4v) is 6.03. The van der Waals surface area contributed by atoms with E-state index >= 15 is 0 Å². The Kier molecular flexibility index (Phi) is 8.47. The molecule has 2 aliphatic heterocycles. The SMILES string of the molecule is CON=C(C(=O)NC1C(=O)N2C(C(=O)[O-])=C(CSc3ncc[nH]3)CS[C@@H]12)c1csc(N)n1.[Na+]. The molecule has 0 bridgehead atoms. The molecule has 168 valence electrons. The van der Waals surface area contributed by atoms with Crippen molar-refractivity contribution >= 4 is 63.5 Å². The number of nitrogens with zero attached hydrogens (tertiary/aromatic N) is 4. The van der Waals surface area contributed by atoms with Crippen LogP contribution >= 0.6 is 34.9 Å². The van der Waals surface area contributed by atoms with Gasteiger partial charge in [0.2, 0.25) is 0 Å². The van der Waals surface area contributed by atoms with Gasteiger partial charge in [-0.15, -0.1) is 23.1 Å². The van der Waals surface area contributed by atoms with Crippen molar-refractivity contribution in [2.75, 3.05) is 24.3 Å². The molecule has 16 heteroatoms. The summed E-state index contributed by atoms with van der Waals surface area (Å²) in [5, 5.41) is 19.9. The van der Waals surface area contributed by atoms with Crippen LogP contribution in [0.15, 0.2) is 39.4 Å². The summed E-state index contributed by atoms with van der Waals surface area (Å²) in [6, 6.07) is -0.931. The van der Waals surface area contributed by atoms with Crippen LogP contribution in [0.1, 0.15) is 5.69 Å². The number of rotatable bonds is 8. The summed E-state index contributed by atoms with van der Waals surface area (Å²) >= 11 is 3.80. The zero-order valence-electron chi connectivity index (χ0n) is 17.4. The van der Waals surface area contributed by atoms with Crippen molar-refractivity contribution in [2.24, 2.45) is 5.16 Å². The van der Waals surface area contributed by atoms with Gasteiger partial charge in [-0.1, -0.05) is 16.9 Å². The molecular formula is C17H16N7NaO5S3. The molecule has 2 aromatic heterocycles. The second-order valence-corrected chi connectivity index (χ2v) is 9.44. The van der Waals surface area contributed by atoms with Crippen molar-refractivity contribution in [1.29, 1.82) is 0 Å². The molecule has 0 spiro atoms. The van der Waals surface area contributed by atoms with Gasteiger partial charge in [-0.2, -0.15) is 0 Å². The van der Waals surface area contributed by atoms with Gasteiger partial charge in [-0.25, -0.2) is 9.97 Å². The predicted molar refractivity (Wildman–Crippen MR) is 116 cm³/mol. The first kappa shape index (κ1) is 25.6. The summed E-state index contributed by atoms with van der Waals surface area (Å²) in [6.45, 7) is 0. The molecule has 1 fully saturated rings. The number of thioether (sulfide) groups is 2. The smallest absolute Gasteiger partial charge is 0.543 e. The van der Waals surface area contributed by atoms with Gasteiger partial charge in [0.25, 0.3) is 11.8 Å². The molecule has 1 saturated heterocycles. The Morgan fingerprint density at radius 1 is 1.52 bits per heavy atom. The zero-order chi connectivity index (χ0) is 22.8. The Bertz CT molecular complexity index is 1120. The first-order valence-electron chi connectivity index (χ1n) is 9.04. The van der Waals surface area contributed by atoms with Crippen molar-refractivity contribution < 1.29 is 53.9 Å². The fraction of sp³-hybridized carbons (Fsp3) is 0.294. The van der Waals surface area contributed by atoms with Crippen molar-refractivity contribution in [1.82, 2.24) is 25.2 Å². The number of imidazole rings is 1. The fourth-order valence-electron chi connectivity index (χ4n) is 3.17. The number of carboxylic acids is 1. The number of H-pyrrole nitrogens is 1. The molecule has 12 nitrogen and oxygen atoms in total. The number of hydrogen-bond acceptors (Lipinski definition) is 12. The minimum atomic E-state index is -1.44. The van der Waals surface area contributed by atoms with Gasteiger partial charge < -0.3 is 30.8 Å². The number of β-lactam (4-membered cyclic amide) rings is 1. The van der Waals surface area contributed by atoms with Crippen molar-refractivity contribution in [2.45, 2.75) is 16.6 Å². The third-order valence-electron chi connectivity index (χ3n) is 4.55. The Hall–Kier alpha value is -2.04. The van der Waals surface area contributed by atoms with Crippen LogP contribution in [0.4, 0.5) is 5.13 Å². The summed E-state index contributed by atoms with van der Waals surface area (Å²) < 4.78 is 0. The van der Waals surface area contributed by atoms with Gasteiger partial charge in [0, 0.05) is 29.3 Å². The standard InChI is InChI=1S/C17H17N7O5S3.Na/c1-29-23-9(8-6-31-16(18)21-8)12(25)22-10-13(26)24-11(15(27)28)7(4-30-14(10)24)5-32-17-19-2-3-20-17;/h2-3,6,10,14H,4-5H2,1H3,(H2,18,21)(H,19,20)(H,22,25)(H,27,28);/q;+1/p-1/t10?,14-;/m0./s1. The molecule has 4 N–H and O–H groups in total. The predicted octanol–water partition coefficient (Wildman–Crippen LogP) is -4.00. The van der Waals surface area contributed by atoms with E-state index in [-0.39, 0.29) is 51.8 Å². The Morgan fingerprint density at radius 3 is 2.91 bits per heavy atom. The summed E-state index contributed by atoms with van der Waals surface area (Å²) in [4.78, 5) is 54.3. The van der Waals surface area contributed by atoms with Crippen LogP contribution in [-0.4, -0.2) is 73.4 Å². The van der Waals surface area contributed by atoms with E-state index in [0.29, 0.717) is 22.2 Å². The number of aliphatic carboxylic acids is 1. The van der Waals surface area contributed by atoms with Crippen molar-refractivity contribution in [3.8, 4) is 0 Å². The largest absolute Gasteiger partial charge is 1.00 e. The number of amides is 2. The summed E-state index contributed by atoms with van der Waals surface area (Å²) in [6.07, 6.45) is 3.25. The molecule has 0 saturated carbocycles. The van der Waals surface area contributed by atoms with Gasteiger partial charge >= 0.3 is 29.6 Å². The van der Waals surface area contributed by atoms with E-state index in [1.807, 2.05) is 0 Å². The van der Waals surface area contributed by atoms with E-state index in [0.717, 1.165) is 16.2 Å². The zero-order valence-corrected chi connectivity index (χ0v) is 21.9. The summed E-state index contributed by atoms with van der Waals surface area (Å²) in [5.41, 5.74) is 6.06. The van der Waals surface area contributed by atoms with Crippen LogP contribution in [0.5, 0.6) is 0 Å². The molecule has 4 heterocycles. The maximum atomic E-state index is 12.8. The van der Waals surface area contributed by atoms with Gasteiger partial charge in [-0.3, -0.25) is 14.5 Å². The number of thiazole rings is 1. The average Bonchev–Trinajstić information content (AvgIpc) is 3.45. The molecular weight excluding hydrogens is 501 g/mol.